The SMILES string of the molecule is CCOC1(c2nnc(Cl)o2)CCOC1. The van der Waals surface area contributed by atoms with Crippen LogP contribution in [0, 0.1) is 0 Å². The van der Waals surface area contributed by atoms with Crippen LogP contribution in [0.15, 0.2) is 4.42 Å². The van der Waals surface area contributed by atoms with Crippen molar-refractivity contribution in [1.82, 2.24) is 10.2 Å². The number of nitrogens with zero attached hydrogens (tertiary/aromatic N) is 2. The van der Waals surface area contributed by atoms with Gasteiger partial charge >= 0.3 is 5.35 Å². The molecule has 0 radical (unpaired) electrons. The van der Waals surface area contributed by atoms with Gasteiger partial charge in [-0.05, 0) is 18.5 Å². The highest BCUT2D eigenvalue weighted by Gasteiger charge is 2.42. The third-order valence-electron chi connectivity index (χ3n) is 2.20. The number of aromatic nitrogens is 2. The molecule has 0 saturated carbocycles. The van der Waals surface area contributed by atoms with E-state index in [2.05, 4.69) is 10.2 Å². The smallest absolute Gasteiger partial charge is 0.312 e. The number of hydrogen-bond acceptors (Lipinski definition) is 5. The summed E-state index contributed by atoms with van der Waals surface area (Å²) in [5.41, 5.74) is -0.588. The Morgan fingerprint density at radius 2 is 2.43 bits per heavy atom. The largest absolute Gasteiger partial charge is 0.409 e. The van der Waals surface area contributed by atoms with Crippen LogP contribution >= 0.6 is 11.6 Å². The van der Waals surface area contributed by atoms with E-state index in [0.29, 0.717) is 25.7 Å². The Kier molecular flexibility index (Phi) is 2.71. The second-order valence-electron chi connectivity index (χ2n) is 3.09. The van der Waals surface area contributed by atoms with Crippen molar-refractivity contribution in [3.05, 3.63) is 11.2 Å². The normalized spacial score (nSPS) is 27.0. The number of ether oxygens (including phenoxy) is 2. The van der Waals surface area contributed by atoms with Gasteiger partial charge in [0.05, 0.1) is 13.2 Å². The second kappa shape index (κ2) is 3.84. The molecule has 14 heavy (non-hydrogen) atoms. The summed E-state index contributed by atoms with van der Waals surface area (Å²) in [6, 6.07) is 0. The molecule has 1 unspecified atom stereocenters. The van der Waals surface area contributed by atoms with Gasteiger partial charge in [0, 0.05) is 13.0 Å². The van der Waals surface area contributed by atoms with Gasteiger partial charge in [-0.15, -0.1) is 5.10 Å². The molecule has 1 aliphatic rings. The molecule has 2 heterocycles. The number of hydrogen-bond donors (Lipinski definition) is 0. The van der Waals surface area contributed by atoms with Gasteiger partial charge in [0.15, 0.2) is 5.60 Å². The van der Waals surface area contributed by atoms with E-state index in [-0.39, 0.29) is 5.35 Å². The van der Waals surface area contributed by atoms with Crippen LogP contribution in [0.1, 0.15) is 19.2 Å². The quantitative estimate of drug-likeness (QED) is 0.767. The second-order valence-corrected chi connectivity index (χ2v) is 3.41. The maximum absolute atomic E-state index is 5.61. The lowest BCUT2D eigenvalue weighted by Crippen LogP contribution is -2.30. The fourth-order valence-corrected chi connectivity index (χ4v) is 1.67. The molecule has 0 aromatic carbocycles. The fourth-order valence-electron chi connectivity index (χ4n) is 1.56. The summed E-state index contributed by atoms with van der Waals surface area (Å²) in [6.45, 7) is 3.57. The fraction of sp³-hybridized carbons (Fsp3) is 0.750. The standard InChI is InChI=1S/C8H11ClN2O3/c1-2-13-8(3-4-12-5-8)6-10-11-7(9)14-6/h2-5H2,1H3. The van der Waals surface area contributed by atoms with Crippen LogP contribution in [-0.4, -0.2) is 30.0 Å². The highest BCUT2D eigenvalue weighted by atomic mass is 35.5. The minimum atomic E-state index is -0.588. The molecule has 1 fully saturated rings. The average Bonchev–Trinajstić information content (AvgIpc) is 2.75. The van der Waals surface area contributed by atoms with E-state index in [1.54, 1.807) is 0 Å². The molecule has 1 aliphatic heterocycles. The van der Waals surface area contributed by atoms with Crippen molar-refractivity contribution < 1.29 is 13.9 Å². The molecule has 1 aromatic rings. The molecular formula is C8H11ClN2O3. The van der Waals surface area contributed by atoms with E-state index < -0.39 is 5.60 Å². The monoisotopic (exact) mass is 218 g/mol. The van der Waals surface area contributed by atoms with Gasteiger partial charge in [0.1, 0.15) is 0 Å². The van der Waals surface area contributed by atoms with Crippen molar-refractivity contribution in [2.45, 2.75) is 18.9 Å². The van der Waals surface area contributed by atoms with Gasteiger partial charge in [-0.25, -0.2) is 0 Å². The molecule has 0 amide bonds. The van der Waals surface area contributed by atoms with Crippen LogP contribution in [0.4, 0.5) is 0 Å². The molecular weight excluding hydrogens is 208 g/mol. The molecule has 2 rings (SSSR count). The third-order valence-corrected chi connectivity index (χ3v) is 2.35. The molecule has 0 N–H and O–H groups in total. The van der Waals surface area contributed by atoms with Gasteiger partial charge in [0.2, 0.25) is 0 Å². The van der Waals surface area contributed by atoms with Gasteiger partial charge in [-0.2, -0.15) is 0 Å². The molecule has 0 aliphatic carbocycles. The highest BCUT2D eigenvalue weighted by Crippen LogP contribution is 2.33. The minimum absolute atomic E-state index is 0.0333. The molecule has 6 heteroatoms. The molecule has 5 nitrogen and oxygen atoms in total. The number of halogens is 1. The lowest BCUT2D eigenvalue weighted by atomic mass is 10.0. The molecule has 78 valence electrons. The van der Waals surface area contributed by atoms with Crippen molar-refractivity contribution in [2.24, 2.45) is 0 Å². The Hall–Kier alpha value is -0.650. The van der Waals surface area contributed by atoms with E-state index in [1.165, 1.54) is 0 Å². The first-order valence-electron chi connectivity index (χ1n) is 4.48. The Bertz CT molecular complexity index is 309. The van der Waals surface area contributed by atoms with E-state index in [1.807, 2.05) is 6.92 Å². The summed E-state index contributed by atoms with van der Waals surface area (Å²) in [5, 5.41) is 7.47. The highest BCUT2D eigenvalue weighted by molar-refractivity contribution is 6.27. The number of rotatable bonds is 3. The lowest BCUT2D eigenvalue weighted by molar-refractivity contribution is -0.0660. The predicted octanol–water partition coefficient (Wildman–Crippen LogP) is 1.38. The molecule has 0 spiro atoms. The lowest BCUT2D eigenvalue weighted by Gasteiger charge is -2.22. The molecule has 1 aromatic heterocycles. The molecule has 1 saturated heterocycles. The van der Waals surface area contributed by atoms with Crippen LogP contribution in [0.2, 0.25) is 5.35 Å². The minimum Gasteiger partial charge on any atom is -0.409 e. The van der Waals surface area contributed by atoms with Gasteiger partial charge < -0.3 is 13.9 Å². The molecule has 0 bridgehead atoms. The Balaban J connectivity index is 2.26. The van der Waals surface area contributed by atoms with Gasteiger partial charge in [-0.3, -0.25) is 0 Å². The summed E-state index contributed by atoms with van der Waals surface area (Å²) in [6.07, 6.45) is 0.722. The zero-order valence-corrected chi connectivity index (χ0v) is 8.58. The molecule has 1 atom stereocenters. The third kappa shape index (κ3) is 1.63. The Labute approximate surface area is 86.3 Å². The summed E-state index contributed by atoms with van der Waals surface area (Å²) >= 11 is 5.56. The van der Waals surface area contributed by atoms with Crippen molar-refractivity contribution >= 4 is 11.6 Å². The van der Waals surface area contributed by atoms with Gasteiger partial charge in [0.25, 0.3) is 5.89 Å². The summed E-state index contributed by atoms with van der Waals surface area (Å²) in [7, 11) is 0. The zero-order valence-electron chi connectivity index (χ0n) is 7.83. The topological polar surface area (TPSA) is 57.4 Å². The summed E-state index contributed by atoms with van der Waals surface area (Å²) < 4.78 is 16.1. The van der Waals surface area contributed by atoms with Gasteiger partial charge in [-0.1, -0.05) is 5.10 Å². The first-order valence-corrected chi connectivity index (χ1v) is 4.86. The maximum atomic E-state index is 5.61. The maximum Gasteiger partial charge on any atom is 0.312 e. The van der Waals surface area contributed by atoms with Crippen molar-refractivity contribution in [2.75, 3.05) is 19.8 Å². The van der Waals surface area contributed by atoms with Crippen LogP contribution in [0.25, 0.3) is 0 Å². The van der Waals surface area contributed by atoms with Crippen LogP contribution in [0.5, 0.6) is 0 Å². The Morgan fingerprint density at radius 1 is 1.57 bits per heavy atom. The van der Waals surface area contributed by atoms with Crippen molar-refractivity contribution in [1.29, 1.82) is 0 Å². The predicted molar refractivity (Wildman–Crippen MR) is 48.0 cm³/mol. The first kappa shape index (κ1) is 9.89. The van der Waals surface area contributed by atoms with Crippen LogP contribution in [-0.2, 0) is 15.1 Å². The average molecular weight is 219 g/mol. The van der Waals surface area contributed by atoms with Crippen LogP contribution in [0.3, 0.4) is 0 Å². The van der Waals surface area contributed by atoms with E-state index in [0.717, 1.165) is 6.42 Å². The Morgan fingerprint density at radius 3 is 2.93 bits per heavy atom. The zero-order chi connectivity index (χ0) is 10.0. The van der Waals surface area contributed by atoms with Crippen molar-refractivity contribution in [3.8, 4) is 0 Å². The first-order chi connectivity index (χ1) is 6.77. The van der Waals surface area contributed by atoms with E-state index in [4.69, 9.17) is 25.5 Å². The van der Waals surface area contributed by atoms with E-state index >= 15 is 0 Å². The summed E-state index contributed by atoms with van der Waals surface area (Å²) in [5.74, 6) is 0.404. The van der Waals surface area contributed by atoms with Crippen LogP contribution < -0.4 is 0 Å². The summed E-state index contributed by atoms with van der Waals surface area (Å²) in [4.78, 5) is 0. The van der Waals surface area contributed by atoms with E-state index in [9.17, 15) is 0 Å². The van der Waals surface area contributed by atoms with Crippen molar-refractivity contribution in [3.63, 3.8) is 0 Å².